The Kier molecular flexibility index (Phi) is 7.33. The van der Waals surface area contributed by atoms with Crippen molar-refractivity contribution in [3.63, 3.8) is 0 Å². The molecule has 0 fully saturated rings. The molecule has 6 heteroatoms. The van der Waals surface area contributed by atoms with Gasteiger partial charge in [-0.2, -0.15) is 0 Å². The van der Waals surface area contributed by atoms with Crippen LogP contribution in [0.2, 0.25) is 15.1 Å². The first-order valence-corrected chi connectivity index (χ1v) is 10.9. The molecule has 0 aliphatic rings. The molecule has 0 spiro atoms. The van der Waals surface area contributed by atoms with Gasteiger partial charge in [-0.25, -0.2) is 0 Å². The second-order valence-corrected chi connectivity index (χ2v) is 8.15. The largest absolute Gasteiger partial charge is 0.486 e. The molecule has 0 aliphatic heterocycles. The van der Waals surface area contributed by atoms with Crippen LogP contribution in [0.4, 0.5) is 5.69 Å². The third kappa shape index (κ3) is 6.04. The lowest BCUT2D eigenvalue weighted by atomic mass is 10.2. The third-order valence-electron chi connectivity index (χ3n) is 4.47. The van der Waals surface area contributed by atoms with E-state index in [1.807, 2.05) is 78.9 Å². The molecule has 0 aliphatic carbocycles. The Labute approximate surface area is 201 Å². The molecule has 4 aromatic carbocycles. The van der Waals surface area contributed by atoms with E-state index in [0.717, 1.165) is 28.3 Å². The summed E-state index contributed by atoms with van der Waals surface area (Å²) >= 11 is 18.8. The maximum Gasteiger partial charge on any atom is 0.157 e. The Morgan fingerprint density at radius 1 is 0.719 bits per heavy atom. The van der Waals surface area contributed by atoms with Crippen molar-refractivity contribution in [3.8, 4) is 17.2 Å². The van der Waals surface area contributed by atoms with Crippen molar-refractivity contribution in [2.45, 2.75) is 6.61 Å². The van der Waals surface area contributed by atoms with Gasteiger partial charge >= 0.3 is 0 Å². The lowest BCUT2D eigenvalue weighted by Gasteiger charge is -2.11. The van der Waals surface area contributed by atoms with Gasteiger partial charge in [0.1, 0.15) is 18.1 Å². The van der Waals surface area contributed by atoms with Gasteiger partial charge in [0.2, 0.25) is 0 Å². The van der Waals surface area contributed by atoms with Crippen LogP contribution in [0.3, 0.4) is 0 Å². The van der Waals surface area contributed by atoms with Gasteiger partial charge in [-0.3, -0.25) is 4.99 Å². The number of ether oxygens (including phenoxy) is 2. The van der Waals surface area contributed by atoms with E-state index in [1.165, 1.54) is 0 Å². The summed E-state index contributed by atoms with van der Waals surface area (Å²) in [5.74, 6) is 1.95. The average Bonchev–Trinajstić information content (AvgIpc) is 2.79. The van der Waals surface area contributed by atoms with Crippen molar-refractivity contribution < 1.29 is 9.47 Å². The first-order valence-electron chi connectivity index (χ1n) is 9.80. The second kappa shape index (κ2) is 10.6. The average molecular weight is 483 g/mol. The van der Waals surface area contributed by atoms with Crippen LogP contribution in [0.25, 0.3) is 0 Å². The minimum atomic E-state index is 0.310. The molecule has 32 heavy (non-hydrogen) atoms. The van der Waals surface area contributed by atoms with Crippen molar-refractivity contribution in [3.05, 3.63) is 117 Å². The number of aliphatic imine (C=N–C) groups is 1. The molecular weight excluding hydrogens is 465 g/mol. The van der Waals surface area contributed by atoms with Crippen LogP contribution in [0, 0.1) is 0 Å². The number of benzene rings is 4. The molecule has 0 saturated carbocycles. The van der Waals surface area contributed by atoms with Gasteiger partial charge in [0.05, 0.1) is 15.7 Å². The van der Waals surface area contributed by atoms with E-state index in [-0.39, 0.29) is 0 Å². The number of halogens is 3. The lowest BCUT2D eigenvalue weighted by molar-refractivity contribution is 0.306. The smallest absolute Gasteiger partial charge is 0.157 e. The zero-order valence-corrected chi connectivity index (χ0v) is 19.1. The molecule has 0 atom stereocenters. The van der Waals surface area contributed by atoms with Gasteiger partial charge in [0.15, 0.2) is 5.75 Å². The first-order chi connectivity index (χ1) is 15.6. The molecule has 0 bridgehead atoms. The van der Waals surface area contributed by atoms with E-state index in [0.29, 0.717) is 27.4 Å². The summed E-state index contributed by atoms with van der Waals surface area (Å²) in [5, 5.41) is 1.47. The SMILES string of the molecule is Clc1cccc(COc2c(Cl)cc(C=Nc3ccc(Oc4ccccc4)cc3)cc2Cl)c1. The second-order valence-electron chi connectivity index (χ2n) is 6.90. The molecule has 0 N–H and O–H groups in total. The van der Waals surface area contributed by atoms with Crippen molar-refractivity contribution in [2.75, 3.05) is 0 Å². The Balaban J connectivity index is 1.41. The van der Waals surface area contributed by atoms with Crippen LogP contribution >= 0.6 is 34.8 Å². The molecule has 0 radical (unpaired) electrons. The van der Waals surface area contributed by atoms with Crippen molar-refractivity contribution in [2.24, 2.45) is 4.99 Å². The maximum absolute atomic E-state index is 6.40. The predicted molar refractivity (Wildman–Crippen MR) is 132 cm³/mol. The number of rotatable bonds is 7. The Hall–Kier alpha value is -2.98. The van der Waals surface area contributed by atoms with E-state index in [4.69, 9.17) is 44.3 Å². The molecule has 0 unspecified atom stereocenters. The first kappa shape index (κ1) is 22.2. The monoisotopic (exact) mass is 481 g/mol. The van der Waals surface area contributed by atoms with Gasteiger partial charge in [-0.05, 0) is 71.8 Å². The van der Waals surface area contributed by atoms with Gasteiger partial charge in [-0.15, -0.1) is 0 Å². The fraction of sp³-hybridized carbons (Fsp3) is 0.0385. The summed E-state index contributed by atoms with van der Waals surface area (Å²) in [6.45, 7) is 0.310. The van der Waals surface area contributed by atoms with Crippen molar-refractivity contribution in [1.82, 2.24) is 0 Å². The predicted octanol–water partition coefficient (Wildman–Crippen LogP) is 8.77. The van der Waals surface area contributed by atoms with Crippen molar-refractivity contribution in [1.29, 1.82) is 0 Å². The van der Waals surface area contributed by atoms with Crippen LogP contribution < -0.4 is 9.47 Å². The normalized spacial score (nSPS) is 11.0. The summed E-state index contributed by atoms with van der Waals surface area (Å²) < 4.78 is 11.6. The van der Waals surface area contributed by atoms with Crippen LogP contribution in [-0.2, 0) is 6.61 Å². The topological polar surface area (TPSA) is 30.8 Å². The fourth-order valence-electron chi connectivity index (χ4n) is 2.95. The third-order valence-corrected chi connectivity index (χ3v) is 5.27. The van der Waals surface area contributed by atoms with E-state index in [9.17, 15) is 0 Å². The Bertz CT molecular complexity index is 1200. The summed E-state index contributed by atoms with van der Waals surface area (Å²) in [4.78, 5) is 4.49. The minimum Gasteiger partial charge on any atom is -0.486 e. The quantitative estimate of drug-likeness (QED) is 0.246. The van der Waals surface area contributed by atoms with Crippen LogP contribution in [0.15, 0.2) is 96.0 Å². The molecule has 0 heterocycles. The number of para-hydroxylation sites is 1. The van der Waals surface area contributed by atoms with Gasteiger partial charge < -0.3 is 9.47 Å². The summed E-state index contributed by atoms with van der Waals surface area (Å²) in [6.07, 6.45) is 1.70. The zero-order valence-electron chi connectivity index (χ0n) is 16.8. The standard InChI is InChI=1S/C26H18Cl3NO2/c27-20-6-4-5-18(13-20)17-31-26-24(28)14-19(15-25(26)29)16-30-21-9-11-23(12-10-21)32-22-7-2-1-3-8-22/h1-16H,17H2. The molecule has 3 nitrogen and oxygen atoms in total. The molecular formula is C26H18Cl3NO2. The highest BCUT2D eigenvalue weighted by atomic mass is 35.5. The van der Waals surface area contributed by atoms with E-state index < -0.39 is 0 Å². The van der Waals surface area contributed by atoms with Crippen molar-refractivity contribution >= 4 is 46.7 Å². The highest BCUT2D eigenvalue weighted by Gasteiger charge is 2.10. The van der Waals surface area contributed by atoms with E-state index in [1.54, 1.807) is 18.3 Å². The van der Waals surface area contributed by atoms with Crippen LogP contribution in [-0.4, -0.2) is 6.21 Å². The minimum absolute atomic E-state index is 0.310. The van der Waals surface area contributed by atoms with E-state index >= 15 is 0 Å². The van der Waals surface area contributed by atoms with Gasteiger partial charge in [0, 0.05) is 11.2 Å². The molecule has 4 rings (SSSR count). The molecule has 160 valence electrons. The number of nitrogens with zero attached hydrogens (tertiary/aromatic N) is 1. The van der Waals surface area contributed by atoms with Crippen LogP contribution in [0.1, 0.15) is 11.1 Å². The van der Waals surface area contributed by atoms with Crippen LogP contribution in [0.5, 0.6) is 17.2 Å². The highest BCUT2D eigenvalue weighted by molar-refractivity contribution is 6.37. The molecule has 0 amide bonds. The van der Waals surface area contributed by atoms with E-state index in [2.05, 4.69) is 4.99 Å². The molecule has 0 aromatic heterocycles. The number of hydrogen-bond donors (Lipinski definition) is 0. The molecule has 4 aromatic rings. The zero-order chi connectivity index (χ0) is 22.3. The molecule has 0 saturated heterocycles. The number of hydrogen-bond acceptors (Lipinski definition) is 3. The summed E-state index contributed by atoms with van der Waals surface area (Å²) in [5.41, 5.74) is 2.47. The Morgan fingerprint density at radius 2 is 1.41 bits per heavy atom. The van der Waals surface area contributed by atoms with Gasteiger partial charge in [0.25, 0.3) is 0 Å². The highest BCUT2D eigenvalue weighted by Crippen LogP contribution is 2.35. The van der Waals surface area contributed by atoms with Gasteiger partial charge in [-0.1, -0.05) is 65.1 Å². The summed E-state index contributed by atoms with van der Waals surface area (Å²) in [6, 6.07) is 28.0. The maximum atomic E-state index is 6.40. The fourth-order valence-corrected chi connectivity index (χ4v) is 3.77. The Morgan fingerprint density at radius 3 is 2.09 bits per heavy atom. The lowest BCUT2D eigenvalue weighted by Crippen LogP contribution is -1.97. The summed E-state index contributed by atoms with van der Waals surface area (Å²) in [7, 11) is 0.